The molecule has 0 aromatic heterocycles. The van der Waals surface area contributed by atoms with Crippen LogP contribution in [-0.2, 0) is 16.1 Å². The molecule has 2 aliphatic heterocycles. The van der Waals surface area contributed by atoms with Crippen LogP contribution in [0.3, 0.4) is 0 Å². The van der Waals surface area contributed by atoms with Crippen molar-refractivity contribution in [2.45, 2.75) is 38.3 Å². The SMILES string of the molecule is O=C(Nc1ccc2c(c1)OCO2)C1CCN(CC(=O)N(Cc2ccccc2F)C2CC2)CC1. The van der Waals surface area contributed by atoms with Crippen LogP contribution in [-0.4, -0.2) is 54.1 Å². The van der Waals surface area contributed by atoms with Gasteiger partial charge < -0.3 is 19.7 Å². The van der Waals surface area contributed by atoms with E-state index in [1.165, 1.54) is 6.07 Å². The van der Waals surface area contributed by atoms with E-state index in [1.807, 2.05) is 4.90 Å². The maximum atomic E-state index is 14.1. The van der Waals surface area contributed by atoms with Gasteiger partial charge in [-0.25, -0.2) is 4.39 Å². The van der Waals surface area contributed by atoms with Gasteiger partial charge in [0.1, 0.15) is 5.82 Å². The van der Waals surface area contributed by atoms with E-state index < -0.39 is 0 Å². The zero-order valence-electron chi connectivity index (χ0n) is 18.5. The number of nitrogens with zero attached hydrogens (tertiary/aromatic N) is 2. The maximum absolute atomic E-state index is 14.1. The molecule has 2 fully saturated rings. The lowest BCUT2D eigenvalue weighted by Crippen LogP contribution is -2.45. The molecular weight excluding hydrogens is 425 g/mol. The summed E-state index contributed by atoms with van der Waals surface area (Å²) in [6.45, 7) is 2.18. The molecule has 1 saturated heterocycles. The van der Waals surface area contributed by atoms with E-state index in [2.05, 4.69) is 10.2 Å². The van der Waals surface area contributed by atoms with Gasteiger partial charge in [-0.3, -0.25) is 14.5 Å². The van der Waals surface area contributed by atoms with Gasteiger partial charge >= 0.3 is 0 Å². The van der Waals surface area contributed by atoms with E-state index in [4.69, 9.17) is 9.47 Å². The van der Waals surface area contributed by atoms with E-state index in [9.17, 15) is 14.0 Å². The Morgan fingerprint density at radius 3 is 2.55 bits per heavy atom. The number of piperidine rings is 1. The summed E-state index contributed by atoms with van der Waals surface area (Å²) < 4.78 is 24.8. The molecule has 3 aliphatic rings. The lowest BCUT2D eigenvalue weighted by atomic mass is 9.95. The van der Waals surface area contributed by atoms with Crippen LogP contribution in [0.4, 0.5) is 10.1 Å². The molecule has 1 N–H and O–H groups in total. The number of anilines is 1. The third kappa shape index (κ3) is 5.11. The van der Waals surface area contributed by atoms with Crippen molar-refractivity contribution in [2.75, 3.05) is 31.7 Å². The number of halogens is 1. The summed E-state index contributed by atoms with van der Waals surface area (Å²) in [7, 11) is 0. The van der Waals surface area contributed by atoms with Gasteiger partial charge in [-0.2, -0.15) is 0 Å². The Hall–Kier alpha value is -3.13. The Kier molecular flexibility index (Phi) is 6.17. The molecular formula is C25H28FN3O4. The highest BCUT2D eigenvalue weighted by Crippen LogP contribution is 2.34. The largest absolute Gasteiger partial charge is 0.454 e. The first-order chi connectivity index (χ1) is 16.1. The van der Waals surface area contributed by atoms with Crippen LogP contribution in [0.2, 0.25) is 0 Å². The Bertz CT molecular complexity index is 1030. The van der Waals surface area contributed by atoms with E-state index >= 15 is 0 Å². The number of benzene rings is 2. The van der Waals surface area contributed by atoms with Crippen LogP contribution >= 0.6 is 0 Å². The van der Waals surface area contributed by atoms with Gasteiger partial charge in [0.2, 0.25) is 18.6 Å². The Balaban J connectivity index is 1.12. The van der Waals surface area contributed by atoms with E-state index in [0.29, 0.717) is 61.8 Å². The highest BCUT2D eigenvalue weighted by molar-refractivity contribution is 5.93. The van der Waals surface area contributed by atoms with Crippen LogP contribution < -0.4 is 14.8 Å². The van der Waals surface area contributed by atoms with Gasteiger partial charge in [-0.1, -0.05) is 18.2 Å². The van der Waals surface area contributed by atoms with Crippen LogP contribution in [0.5, 0.6) is 11.5 Å². The van der Waals surface area contributed by atoms with E-state index in [1.54, 1.807) is 36.4 Å². The van der Waals surface area contributed by atoms with Crippen molar-refractivity contribution in [3.05, 3.63) is 53.8 Å². The van der Waals surface area contributed by atoms with Crippen molar-refractivity contribution in [1.29, 1.82) is 0 Å². The first-order valence-corrected chi connectivity index (χ1v) is 11.5. The predicted octanol–water partition coefficient (Wildman–Crippen LogP) is 3.40. The predicted molar refractivity (Wildman–Crippen MR) is 120 cm³/mol. The number of amides is 2. The average Bonchev–Trinajstić information content (AvgIpc) is 3.55. The molecule has 174 valence electrons. The van der Waals surface area contributed by atoms with Crippen LogP contribution in [0.25, 0.3) is 0 Å². The first-order valence-electron chi connectivity index (χ1n) is 11.5. The zero-order chi connectivity index (χ0) is 22.8. The number of hydrogen-bond acceptors (Lipinski definition) is 5. The fourth-order valence-electron chi connectivity index (χ4n) is 4.47. The minimum absolute atomic E-state index is 0.0148. The second-order valence-electron chi connectivity index (χ2n) is 8.95. The van der Waals surface area contributed by atoms with Crippen molar-refractivity contribution in [3.8, 4) is 11.5 Å². The van der Waals surface area contributed by atoms with Crippen molar-refractivity contribution < 1.29 is 23.5 Å². The average molecular weight is 454 g/mol. The molecule has 2 aromatic carbocycles. The van der Waals surface area contributed by atoms with Crippen molar-refractivity contribution >= 4 is 17.5 Å². The molecule has 2 aromatic rings. The molecule has 0 atom stereocenters. The smallest absolute Gasteiger partial charge is 0.237 e. The monoisotopic (exact) mass is 453 g/mol. The molecule has 2 amide bonds. The number of ether oxygens (including phenoxy) is 2. The maximum Gasteiger partial charge on any atom is 0.237 e. The molecule has 8 heteroatoms. The molecule has 0 unspecified atom stereocenters. The highest BCUT2D eigenvalue weighted by Gasteiger charge is 2.34. The zero-order valence-corrected chi connectivity index (χ0v) is 18.5. The Labute approximate surface area is 192 Å². The second-order valence-corrected chi connectivity index (χ2v) is 8.95. The normalized spacial score (nSPS) is 18.2. The molecule has 2 heterocycles. The molecule has 1 aliphatic carbocycles. The number of fused-ring (bicyclic) bond motifs is 1. The molecule has 0 radical (unpaired) electrons. The molecule has 0 bridgehead atoms. The van der Waals surface area contributed by atoms with Crippen molar-refractivity contribution in [2.24, 2.45) is 5.92 Å². The fraction of sp³-hybridized carbons (Fsp3) is 0.440. The third-order valence-electron chi connectivity index (χ3n) is 6.56. The number of carbonyl (C=O) groups excluding carboxylic acids is 2. The number of carbonyl (C=O) groups is 2. The third-order valence-corrected chi connectivity index (χ3v) is 6.56. The summed E-state index contributed by atoms with van der Waals surface area (Å²) in [4.78, 5) is 29.7. The van der Waals surface area contributed by atoms with Crippen LogP contribution in [0, 0.1) is 11.7 Å². The van der Waals surface area contributed by atoms with Gasteiger partial charge in [0.05, 0.1) is 6.54 Å². The summed E-state index contributed by atoms with van der Waals surface area (Å²) >= 11 is 0. The fourth-order valence-corrected chi connectivity index (χ4v) is 4.47. The van der Waals surface area contributed by atoms with Gasteiger partial charge in [-0.15, -0.1) is 0 Å². The van der Waals surface area contributed by atoms with Gasteiger partial charge in [-0.05, 0) is 57.0 Å². The van der Waals surface area contributed by atoms with Crippen LogP contribution in [0.1, 0.15) is 31.2 Å². The van der Waals surface area contributed by atoms with Crippen molar-refractivity contribution in [3.63, 3.8) is 0 Å². The highest BCUT2D eigenvalue weighted by atomic mass is 19.1. The number of hydrogen-bond donors (Lipinski definition) is 1. The summed E-state index contributed by atoms with van der Waals surface area (Å²) in [5, 5.41) is 2.97. The van der Waals surface area contributed by atoms with Gasteiger partial charge in [0, 0.05) is 35.8 Å². The summed E-state index contributed by atoms with van der Waals surface area (Å²) in [6, 6.07) is 12.2. The quantitative estimate of drug-likeness (QED) is 0.696. The number of nitrogens with one attached hydrogen (secondary N) is 1. The molecule has 7 nitrogen and oxygen atoms in total. The number of likely N-dealkylation sites (tertiary alicyclic amines) is 1. The summed E-state index contributed by atoms with van der Waals surface area (Å²) in [5.41, 5.74) is 1.24. The Morgan fingerprint density at radius 1 is 1.03 bits per heavy atom. The van der Waals surface area contributed by atoms with E-state index in [0.717, 1.165) is 12.8 Å². The minimum Gasteiger partial charge on any atom is -0.454 e. The molecule has 33 heavy (non-hydrogen) atoms. The lowest BCUT2D eigenvalue weighted by Gasteiger charge is -2.32. The minimum atomic E-state index is -0.273. The number of rotatable bonds is 7. The molecule has 5 rings (SSSR count). The van der Waals surface area contributed by atoms with Crippen molar-refractivity contribution in [1.82, 2.24) is 9.80 Å². The topological polar surface area (TPSA) is 71.1 Å². The summed E-state index contributed by atoms with van der Waals surface area (Å²) in [6.07, 6.45) is 3.34. The van der Waals surface area contributed by atoms with Gasteiger partial charge in [0.15, 0.2) is 11.5 Å². The second kappa shape index (κ2) is 9.39. The standard InChI is InChI=1S/C25H28FN3O4/c26-21-4-2-1-3-18(21)14-29(20-6-7-20)24(30)15-28-11-9-17(10-12-28)25(31)27-19-5-8-22-23(13-19)33-16-32-22/h1-5,8,13,17,20H,6-7,9-12,14-16H2,(H,27,31). The van der Waals surface area contributed by atoms with Gasteiger partial charge in [0.25, 0.3) is 0 Å². The first kappa shape index (κ1) is 21.7. The lowest BCUT2D eigenvalue weighted by molar-refractivity contribution is -0.134. The Morgan fingerprint density at radius 2 is 1.79 bits per heavy atom. The van der Waals surface area contributed by atoms with Crippen LogP contribution in [0.15, 0.2) is 42.5 Å². The molecule has 1 saturated carbocycles. The summed E-state index contributed by atoms with van der Waals surface area (Å²) in [5.74, 6) is 0.964. The molecule has 0 spiro atoms. The van der Waals surface area contributed by atoms with E-state index in [-0.39, 0.29) is 36.4 Å².